The predicted molar refractivity (Wildman–Crippen MR) is 145 cm³/mol. The highest BCUT2D eigenvalue weighted by Crippen LogP contribution is 2.37. The quantitative estimate of drug-likeness (QED) is 0.399. The number of alkyl halides is 5. The van der Waals surface area contributed by atoms with Crippen LogP contribution in [-0.4, -0.2) is 70.1 Å². The molecule has 4 rings (SSSR count). The SMILES string of the molecule is C=CS(=O)(=O)NC[C@H]1CCCN1S(=O)(=O)c1ccc(C(C)(Cc2ccc(C(F)(F)F)cc2)C(=O)N2CC(F)(F)C2)cc1. The van der Waals surface area contributed by atoms with Crippen LogP contribution < -0.4 is 4.72 Å². The molecule has 0 aliphatic carbocycles. The first-order chi connectivity index (χ1) is 19.4. The molecule has 15 heteroatoms. The first-order valence-corrected chi connectivity index (χ1v) is 15.9. The zero-order valence-electron chi connectivity index (χ0n) is 22.6. The largest absolute Gasteiger partial charge is 0.416 e. The van der Waals surface area contributed by atoms with E-state index >= 15 is 0 Å². The summed E-state index contributed by atoms with van der Waals surface area (Å²) in [5, 5.41) is 0.726. The van der Waals surface area contributed by atoms with E-state index in [9.17, 15) is 43.6 Å². The maximum absolute atomic E-state index is 13.6. The Morgan fingerprint density at radius 3 is 2.12 bits per heavy atom. The number of carbonyl (C=O) groups is 1. The van der Waals surface area contributed by atoms with Crippen LogP contribution in [-0.2, 0) is 42.9 Å². The van der Waals surface area contributed by atoms with Crippen LogP contribution in [0.15, 0.2) is 65.4 Å². The van der Waals surface area contributed by atoms with Gasteiger partial charge in [0, 0.05) is 24.5 Å². The number of nitrogens with one attached hydrogen (secondary N) is 1. The van der Waals surface area contributed by atoms with Gasteiger partial charge in [-0.3, -0.25) is 4.79 Å². The third kappa shape index (κ3) is 6.68. The fraction of sp³-hybridized carbons (Fsp3) is 0.444. The minimum absolute atomic E-state index is 0.121. The summed E-state index contributed by atoms with van der Waals surface area (Å²) in [5.41, 5.74) is -1.74. The lowest BCUT2D eigenvalue weighted by Crippen LogP contribution is -2.62. The third-order valence-electron chi connectivity index (χ3n) is 7.60. The molecule has 0 saturated carbocycles. The molecule has 0 aromatic heterocycles. The highest BCUT2D eigenvalue weighted by molar-refractivity contribution is 7.92. The van der Waals surface area contributed by atoms with Gasteiger partial charge in [0.25, 0.3) is 5.92 Å². The number of sulfonamides is 2. The molecular weight excluding hydrogens is 605 g/mol. The van der Waals surface area contributed by atoms with Crippen molar-refractivity contribution in [3.8, 4) is 0 Å². The fourth-order valence-electron chi connectivity index (χ4n) is 5.26. The molecule has 2 atom stereocenters. The van der Waals surface area contributed by atoms with Crippen molar-refractivity contribution in [1.29, 1.82) is 0 Å². The fourth-order valence-corrected chi connectivity index (χ4v) is 7.49. The van der Waals surface area contributed by atoms with Crippen molar-refractivity contribution in [3.63, 3.8) is 0 Å². The molecule has 1 N–H and O–H groups in total. The lowest BCUT2D eigenvalue weighted by Gasteiger charge is -2.44. The monoisotopic (exact) mass is 635 g/mol. The first-order valence-electron chi connectivity index (χ1n) is 13.0. The van der Waals surface area contributed by atoms with E-state index in [0.29, 0.717) is 24.0 Å². The second-order valence-corrected chi connectivity index (χ2v) is 14.3. The van der Waals surface area contributed by atoms with Crippen molar-refractivity contribution in [2.45, 2.75) is 54.6 Å². The average molecular weight is 636 g/mol. The van der Waals surface area contributed by atoms with Crippen LogP contribution in [0.1, 0.15) is 36.5 Å². The number of benzene rings is 2. The van der Waals surface area contributed by atoms with Crippen LogP contribution in [0.5, 0.6) is 0 Å². The summed E-state index contributed by atoms with van der Waals surface area (Å²) in [6, 6.07) is 8.86. The van der Waals surface area contributed by atoms with Crippen molar-refractivity contribution in [3.05, 3.63) is 77.2 Å². The zero-order valence-corrected chi connectivity index (χ0v) is 24.2. The van der Waals surface area contributed by atoms with Gasteiger partial charge in [-0.1, -0.05) is 30.8 Å². The normalized spacial score (nSPS) is 21.0. The molecule has 0 bridgehead atoms. The molecule has 2 aromatic carbocycles. The van der Waals surface area contributed by atoms with Crippen molar-refractivity contribution in [2.75, 3.05) is 26.2 Å². The Morgan fingerprint density at radius 1 is 1.02 bits per heavy atom. The van der Waals surface area contributed by atoms with Crippen molar-refractivity contribution in [2.24, 2.45) is 0 Å². The first kappa shape index (κ1) is 32.0. The van der Waals surface area contributed by atoms with E-state index in [2.05, 4.69) is 11.3 Å². The van der Waals surface area contributed by atoms with Crippen LogP contribution in [0.2, 0.25) is 0 Å². The molecule has 2 heterocycles. The highest BCUT2D eigenvalue weighted by atomic mass is 32.2. The van der Waals surface area contributed by atoms with E-state index < -0.39 is 68.2 Å². The summed E-state index contributed by atoms with van der Waals surface area (Å²) < 4.78 is 120. The summed E-state index contributed by atoms with van der Waals surface area (Å²) in [4.78, 5) is 14.3. The van der Waals surface area contributed by atoms with Gasteiger partial charge in [0.1, 0.15) is 0 Å². The minimum Gasteiger partial charge on any atom is -0.330 e. The van der Waals surface area contributed by atoms with Crippen molar-refractivity contribution >= 4 is 26.0 Å². The number of likely N-dealkylation sites (tertiary alicyclic amines) is 1. The Labute approximate surface area is 241 Å². The minimum atomic E-state index is -4.56. The lowest BCUT2D eigenvalue weighted by molar-refractivity contribution is -0.170. The van der Waals surface area contributed by atoms with Crippen LogP contribution in [0, 0.1) is 0 Å². The maximum Gasteiger partial charge on any atom is 0.416 e. The van der Waals surface area contributed by atoms with Gasteiger partial charge in [-0.15, -0.1) is 0 Å². The summed E-state index contributed by atoms with van der Waals surface area (Å²) in [6.45, 7) is 3.11. The van der Waals surface area contributed by atoms with E-state index in [0.717, 1.165) is 22.4 Å². The summed E-state index contributed by atoms with van der Waals surface area (Å²) in [7, 11) is -7.84. The molecule has 42 heavy (non-hydrogen) atoms. The molecule has 230 valence electrons. The molecule has 1 unspecified atom stereocenters. The lowest BCUT2D eigenvalue weighted by atomic mass is 9.75. The zero-order chi connectivity index (χ0) is 31.1. The molecule has 2 aliphatic heterocycles. The highest BCUT2D eigenvalue weighted by Gasteiger charge is 2.51. The topological polar surface area (TPSA) is 104 Å². The molecule has 2 saturated heterocycles. The number of hydrogen-bond donors (Lipinski definition) is 1. The molecule has 2 fully saturated rings. The van der Waals surface area contributed by atoms with Gasteiger partial charge in [-0.05, 0) is 61.6 Å². The molecule has 8 nitrogen and oxygen atoms in total. The van der Waals surface area contributed by atoms with Gasteiger partial charge >= 0.3 is 6.18 Å². The molecular formula is C27H30F5N3O5S2. The summed E-state index contributed by atoms with van der Waals surface area (Å²) in [5.74, 6) is -3.72. The second-order valence-electron chi connectivity index (χ2n) is 10.7. The molecule has 2 aliphatic rings. The number of nitrogens with zero attached hydrogens (tertiary/aromatic N) is 2. The van der Waals surface area contributed by atoms with Crippen LogP contribution in [0.4, 0.5) is 22.0 Å². The van der Waals surface area contributed by atoms with Crippen LogP contribution in [0.3, 0.4) is 0 Å². The Bertz CT molecular complexity index is 1540. The number of halogens is 5. The van der Waals surface area contributed by atoms with Crippen LogP contribution in [0.25, 0.3) is 0 Å². The summed E-state index contributed by atoms with van der Waals surface area (Å²) >= 11 is 0. The third-order valence-corrected chi connectivity index (χ3v) is 10.6. The standard InChI is InChI=1S/C27H30F5N3O5S2/c1-3-41(37,38)33-16-22-5-4-14-35(22)42(39,40)23-12-10-20(11-13-23)25(2,24(36)34-17-26(28,29)18-34)15-19-6-8-21(9-7-19)27(30,31)32/h3,6-13,22,33H,1,4-5,14-18H2,2H3/t22-,25?/m1/s1. The van der Waals surface area contributed by atoms with E-state index in [1.54, 1.807) is 0 Å². The predicted octanol–water partition coefficient (Wildman–Crippen LogP) is 3.90. The molecule has 0 radical (unpaired) electrons. The van der Waals surface area contributed by atoms with Gasteiger partial charge in [0.2, 0.25) is 26.0 Å². The van der Waals surface area contributed by atoms with E-state index in [1.807, 2.05) is 0 Å². The van der Waals surface area contributed by atoms with Crippen molar-refractivity contribution < 1.29 is 43.6 Å². The van der Waals surface area contributed by atoms with E-state index in [4.69, 9.17) is 0 Å². The van der Waals surface area contributed by atoms with Gasteiger partial charge < -0.3 is 4.90 Å². The Balaban J connectivity index is 1.62. The number of amides is 1. The summed E-state index contributed by atoms with van der Waals surface area (Å²) in [6.07, 6.45) is -3.75. The number of carbonyl (C=O) groups excluding carboxylic acids is 1. The van der Waals surface area contributed by atoms with Gasteiger partial charge in [-0.25, -0.2) is 30.3 Å². The Hall–Kier alpha value is -2.88. The molecule has 0 spiro atoms. The van der Waals surface area contributed by atoms with Gasteiger partial charge in [-0.2, -0.15) is 17.5 Å². The second kappa shape index (κ2) is 11.3. The van der Waals surface area contributed by atoms with E-state index in [1.165, 1.54) is 47.6 Å². The average Bonchev–Trinajstić information content (AvgIpc) is 3.40. The smallest absolute Gasteiger partial charge is 0.330 e. The molecule has 2 aromatic rings. The van der Waals surface area contributed by atoms with Crippen molar-refractivity contribution in [1.82, 2.24) is 13.9 Å². The Morgan fingerprint density at radius 2 is 1.60 bits per heavy atom. The number of rotatable bonds is 10. The van der Waals surface area contributed by atoms with Crippen LogP contribution >= 0.6 is 0 Å². The Kier molecular flexibility index (Phi) is 8.64. The van der Waals surface area contributed by atoms with Gasteiger partial charge in [0.05, 0.1) is 29.0 Å². The molecule has 1 amide bonds. The number of hydrogen-bond acceptors (Lipinski definition) is 5. The maximum atomic E-state index is 13.6. The van der Waals surface area contributed by atoms with E-state index in [-0.39, 0.29) is 24.4 Å². The van der Waals surface area contributed by atoms with Gasteiger partial charge in [0.15, 0.2) is 0 Å².